The molecule has 2 aromatic rings. The molecule has 3 heterocycles. The molecule has 0 radical (unpaired) electrons. The van der Waals surface area contributed by atoms with Gasteiger partial charge in [-0.1, -0.05) is 11.2 Å². The van der Waals surface area contributed by atoms with Crippen LogP contribution in [0.25, 0.3) is 0 Å². The number of amides is 1. The number of ether oxygens (including phenoxy) is 1. The van der Waals surface area contributed by atoms with Crippen molar-refractivity contribution < 1.29 is 14.1 Å². The maximum atomic E-state index is 12.6. The maximum Gasteiger partial charge on any atom is 0.225 e. The van der Waals surface area contributed by atoms with E-state index in [9.17, 15) is 4.79 Å². The quantitative estimate of drug-likeness (QED) is 0.912. The molecule has 1 amide bonds. The summed E-state index contributed by atoms with van der Waals surface area (Å²) < 4.78 is 10.6. The number of rotatable bonds is 5. The molecule has 6 heteroatoms. The average molecular weight is 329 g/mol. The van der Waals surface area contributed by atoms with Crippen LogP contribution in [0.4, 0.5) is 0 Å². The molecule has 3 rings (SSSR count). The van der Waals surface area contributed by atoms with E-state index in [0.717, 1.165) is 42.9 Å². The lowest BCUT2D eigenvalue weighted by molar-refractivity contribution is -0.121. The number of pyridine rings is 1. The van der Waals surface area contributed by atoms with Crippen LogP contribution in [0.5, 0.6) is 0 Å². The van der Waals surface area contributed by atoms with Crippen LogP contribution in [0, 0.1) is 19.8 Å². The Labute approximate surface area is 141 Å². The molecular weight excluding hydrogens is 306 g/mol. The van der Waals surface area contributed by atoms with Crippen LogP contribution in [0.15, 0.2) is 29.0 Å². The van der Waals surface area contributed by atoms with Gasteiger partial charge >= 0.3 is 0 Å². The van der Waals surface area contributed by atoms with E-state index in [1.807, 2.05) is 32.2 Å². The van der Waals surface area contributed by atoms with Gasteiger partial charge in [0.25, 0.3) is 0 Å². The summed E-state index contributed by atoms with van der Waals surface area (Å²) in [5.74, 6) is 1.04. The lowest BCUT2D eigenvalue weighted by atomic mass is 9.87. The van der Waals surface area contributed by atoms with Gasteiger partial charge in [0, 0.05) is 31.2 Å². The topological polar surface area (TPSA) is 77.3 Å². The summed E-state index contributed by atoms with van der Waals surface area (Å²) in [5.41, 5.74) is 2.67. The second-order valence-corrected chi connectivity index (χ2v) is 6.26. The van der Waals surface area contributed by atoms with E-state index in [1.54, 1.807) is 6.20 Å². The van der Waals surface area contributed by atoms with Gasteiger partial charge in [0.1, 0.15) is 5.76 Å². The van der Waals surface area contributed by atoms with E-state index in [4.69, 9.17) is 9.26 Å². The Morgan fingerprint density at radius 1 is 1.38 bits per heavy atom. The normalized spacial score (nSPS) is 16.8. The van der Waals surface area contributed by atoms with Crippen LogP contribution in [0.2, 0.25) is 0 Å². The Balaban J connectivity index is 1.75. The van der Waals surface area contributed by atoms with Crippen LogP contribution in [0.3, 0.4) is 0 Å². The molecule has 1 aliphatic heterocycles. The SMILES string of the molecule is Cc1noc(C)c1CC(=O)N[C@H](c1cccnc1)C1CCOCC1. The Bertz CT molecular complexity index is 659. The lowest BCUT2D eigenvalue weighted by Crippen LogP contribution is -2.37. The van der Waals surface area contributed by atoms with Crippen molar-refractivity contribution in [2.45, 2.75) is 39.2 Å². The van der Waals surface area contributed by atoms with Crippen LogP contribution in [-0.2, 0) is 16.0 Å². The van der Waals surface area contributed by atoms with Gasteiger partial charge in [-0.2, -0.15) is 0 Å². The first-order valence-corrected chi connectivity index (χ1v) is 8.34. The van der Waals surface area contributed by atoms with Crippen LogP contribution >= 0.6 is 0 Å². The molecule has 1 fully saturated rings. The van der Waals surface area contributed by atoms with E-state index in [-0.39, 0.29) is 18.4 Å². The lowest BCUT2D eigenvalue weighted by Gasteiger charge is -2.31. The van der Waals surface area contributed by atoms with Gasteiger partial charge in [0.2, 0.25) is 5.91 Å². The highest BCUT2D eigenvalue weighted by Crippen LogP contribution is 2.30. The van der Waals surface area contributed by atoms with Gasteiger partial charge in [-0.3, -0.25) is 9.78 Å². The van der Waals surface area contributed by atoms with E-state index < -0.39 is 0 Å². The number of nitrogens with zero attached hydrogens (tertiary/aromatic N) is 2. The highest BCUT2D eigenvalue weighted by Gasteiger charge is 2.27. The Hall–Kier alpha value is -2.21. The molecule has 1 aliphatic rings. The van der Waals surface area contributed by atoms with Crippen molar-refractivity contribution >= 4 is 5.91 Å². The molecule has 0 unspecified atom stereocenters. The molecule has 24 heavy (non-hydrogen) atoms. The van der Waals surface area contributed by atoms with Crippen molar-refractivity contribution in [3.05, 3.63) is 47.1 Å². The summed E-state index contributed by atoms with van der Waals surface area (Å²) in [4.78, 5) is 16.8. The van der Waals surface area contributed by atoms with Crippen LogP contribution < -0.4 is 5.32 Å². The standard InChI is InChI=1S/C18H23N3O3/c1-12-16(13(2)24-21-12)10-17(22)20-18(14-5-8-23-9-6-14)15-4-3-7-19-11-15/h3-4,7,11,14,18H,5-6,8-10H2,1-2H3,(H,20,22)/t18-/m0/s1. The molecule has 0 saturated carbocycles. The molecule has 0 bridgehead atoms. The molecule has 1 saturated heterocycles. The van der Waals surface area contributed by atoms with E-state index in [2.05, 4.69) is 15.5 Å². The smallest absolute Gasteiger partial charge is 0.225 e. The Morgan fingerprint density at radius 2 is 2.17 bits per heavy atom. The van der Waals surface area contributed by atoms with Crippen molar-refractivity contribution in [3.8, 4) is 0 Å². The second-order valence-electron chi connectivity index (χ2n) is 6.26. The van der Waals surface area contributed by atoms with Crippen molar-refractivity contribution in [2.75, 3.05) is 13.2 Å². The summed E-state index contributed by atoms with van der Waals surface area (Å²) >= 11 is 0. The highest BCUT2D eigenvalue weighted by molar-refractivity contribution is 5.79. The average Bonchev–Trinajstić information content (AvgIpc) is 2.93. The molecule has 0 aliphatic carbocycles. The number of hydrogen-bond donors (Lipinski definition) is 1. The minimum Gasteiger partial charge on any atom is -0.381 e. The van der Waals surface area contributed by atoms with Crippen molar-refractivity contribution in [1.82, 2.24) is 15.5 Å². The molecular formula is C18H23N3O3. The van der Waals surface area contributed by atoms with E-state index in [0.29, 0.717) is 11.7 Å². The maximum absolute atomic E-state index is 12.6. The summed E-state index contributed by atoms with van der Waals surface area (Å²) in [6.07, 6.45) is 5.73. The zero-order valence-corrected chi connectivity index (χ0v) is 14.1. The summed E-state index contributed by atoms with van der Waals surface area (Å²) in [6.45, 7) is 5.16. The van der Waals surface area contributed by atoms with Crippen molar-refractivity contribution in [1.29, 1.82) is 0 Å². The predicted molar refractivity (Wildman–Crippen MR) is 88.3 cm³/mol. The molecule has 0 aromatic carbocycles. The highest BCUT2D eigenvalue weighted by atomic mass is 16.5. The third-order valence-corrected chi connectivity index (χ3v) is 4.62. The fraction of sp³-hybridized carbons (Fsp3) is 0.500. The van der Waals surface area contributed by atoms with E-state index >= 15 is 0 Å². The first-order chi connectivity index (χ1) is 11.6. The van der Waals surface area contributed by atoms with Gasteiger partial charge in [-0.05, 0) is 44.2 Å². The van der Waals surface area contributed by atoms with Gasteiger partial charge in [0.05, 0.1) is 18.2 Å². The van der Waals surface area contributed by atoms with Crippen molar-refractivity contribution in [3.63, 3.8) is 0 Å². The molecule has 2 aromatic heterocycles. The van der Waals surface area contributed by atoms with Gasteiger partial charge in [0.15, 0.2) is 0 Å². The molecule has 0 spiro atoms. The number of nitrogens with one attached hydrogen (secondary N) is 1. The minimum atomic E-state index is -0.0458. The Kier molecular flexibility index (Phi) is 5.25. The molecule has 1 N–H and O–H groups in total. The zero-order chi connectivity index (χ0) is 16.9. The number of carbonyl (C=O) groups is 1. The largest absolute Gasteiger partial charge is 0.381 e. The molecule has 128 valence electrons. The Morgan fingerprint density at radius 3 is 2.79 bits per heavy atom. The van der Waals surface area contributed by atoms with Gasteiger partial charge in [-0.15, -0.1) is 0 Å². The summed E-state index contributed by atoms with van der Waals surface area (Å²) in [7, 11) is 0. The number of hydrogen-bond acceptors (Lipinski definition) is 5. The number of aryl methyl sites for hydroxylation is 2. The van der Waals surface area contributed by atoms with Gasteiger partial charge in [-0.25, -0.2) is 0 Å². The van der Waals surface area contributed by atoms with Crippen LogP contribution in [0.1, 0.15) is 41.5 Å². The van der Waals surface area contributed by atoms with Crippen molar-refractivity contribution in [2.24, 2.45) is 5.92 Å². The number of aromatic nitrogens is 2. The first-order valence-electron chi connectivity index (χ1n) is 8.34. The van der Waals surface area contributed by atoms with E-state index in [1.165, 1.54) is 0 Å². The van der Waals surface area contributed by atoms with Crippen LogP contribution in [-0.4, -0.2) is 29.3 Å². The molecule has 1 atom stereocenters. The minimum absolute atomic E-state index is 0.0234. The van der Waals surface area contributed by atoms with Gasteiger partial charge < -0.3 is 14.6 Å². The summed E-state index contributed by atoms with van der Waals surface area (Å²) in [6, 6.07) is 3.88. The third-order valence-electron chi connectivity index (χ3n) is 4.62. The first kappa shape index (κ1) is 16.6. The molecule has 6 nitrogen and oxygen atoms in total. The second kappa shape index (κ2) is 7.57. The number of carbonyl (C=O) groups excluding carboxylic acids is 1. The fourth-order valence-electron chi connectivity index (χ4n) is 3.22. The third kappa shape index (κ3) is 3.82. The predicted octanol–water partition coefficient (Wildman–Crippen LogP) is 2.51. The zero-order valence-electron chi connectivity index (χ0n) is 14.1. The summed E-state index contributed by atoms with van der Waals surface area (Å²) in [5, 5.41) is 7.11. The monoisotopic (exact) mass is 329 g/mol. The fourth-order valence-corrected chi connectivity index (χ4v) is 3.22.